The van der Waals surface area contributed by atoms with Crippen molar-refractivity contribution in [3.8, 4) is 11.4 Å². The zero-order chi connectivity index (χ0) is 29.1. The lowest BCUT2D eigenvalue weighted by atomic mass is 10.1. The SMILES string of the molecule is CCOC(=O)N1CCN(C(=O)C(CCC(=O)O)NC(=O)c2cc(N[C@H](C)COC)nc(-c3ccccc3)n2)CC1. The molecule has 40 heavy (non-hydrogen) atoms. The van der Waals surface area contributed by atoms with Gasteiger partial charge in [0.25, 0.3) is 5.91 Å². The summed E-state index contributed by atoms with van der Waals surface area (Å²) in [5.74, 6) is -1.46. The van der Waals surface area contributed by atoms with Crippen LogP contribution in [0.25, 0.3) is 11.4 Å². The number of nitrogens with one attached hydrogen (secondary N) is 2. The van der Waals surface area contributed by atoms with Gasteiger partial charge in [0.05, 0.1) is 13.2 Å². The van der Waals surface area contributed by atoms with Gasteiger partial charge in [0.15, 0.2) is 5.82 Å². The number of benzene rings is 1. The van der Waals surface area contributed by atoms with E-state index >= 15 is 0 Å². The van der Waals surface area contributed by atoms with E-state index in [2.05, 4.69) is 20.6 Å². The normalized spacial score (nSPS) is 14.7. The third-order valence-corrected chi connectivity index (χ3v) is 6.17. The van der Waals surface area contributed by atoms with Gasteiger partial charge in [-0.1, -0.05) is 30.3 Å². The molecule has 3 rings (SSSR count). The number of carboxylic acids is 1. The van der Waals surface area contributed by atoms with Crippen LogP contribution in [0, 0.1) is 0 Å². The molecule has 2 heterocycles. The fraction of sp³-hybridized carbons (Fsp3) is 0.481. The second-order valence-electron chi connectivity index (χ2n) is 9.30. The van der Waals surface area contributed by atoms with Crippen LogP contribution in [0.15, 0.2) is 36.4 Å². The molecule has 0 aliphatic carbocycles. The molecule has 3 amide bonds. The summed E-state index contributed by atoms with van der Waals surface area (Å²) < 4.78 is 10.2. The maximum absolute atomic E-state index is 13.4. The van der Waals surface area contributed by atoms with Crippen LogP contribution in [0.1, 0.15) is 37.2 Å². The highest BCUT2D eigenvalue weighted by atomic mass is 16.6. The molecule has 0 bridgehead atoms. The molecule has 2 atom stereocenters. The molecule has 1 aromatic carbocycles. The molecule has 2 aromatic rings. The summed E-state index contributed by atoms with van der Waals surface area (Å²) in [6.45, 7) is 5.27. The van der Waals surface area contributed by atoms with E-state index in [1.165, 1.54) is 15.9 Å². The van der Waals surface area contributed by atoms with Crippen LogP contribution in [-0.4, -0.2) is 107 Å². The Balaban J connectivity index is 1.81. The molecule has 1 aliphatic rings. The Bertz CT molecular complexity index is 1170. The van der Waals surface area contributed by atoms with E-state index in [9.17, 15) is 24.3 Å². The van der Waals surface area contributed by atoms with Gasteiger partial charge in [-0.3, -0.25) is 14.4 Å². The molecule has 13 heteroatoms. The van der Waals surface area contributed by atoms with Gasteiger partial charge in [-0.05, 0) is 20.3 Å². The number of nitrogens with zero attached hydrogens (tertiary/aromatic N) is 4. The summed E-state index contributed by atoms with van der Waals surface area (Å²) in [6.07, 6.45) is -0.877. The van der Waals surface area contributed by atoms with Crippen LogP contribution in [-0.2, 0) is 19.1 Å². The first-order chi connectivity index (χ1) is 19.2. The first-order valence-corrected chi connectivity index (χ1v) is 13.1. The summed E-state index contributed by atoms with van der Waals surface area (Å²) in [7, 11) is 1.58. The Labute approximate surface area is 232 Å². The molecule has 1 aromatic heterocycles. The largest absolute Gasteiger partial charge is 0.481 e. The van der Waals surface area contributed by atoms with E-state index in [1.807, 2.05) is 37.3 Å². The second-order valence-corrected chi connectivity index (χ2v) is 9.30. The highest BCUT2D eigenvalue weighted by Crippen LogP contribution is 2.19. The number of rotatable bonds is 12. The lowest BCUT2D eigenvalue weighted by Crippen LogP contribution is -2.56. The fourth-order valence-corrected chi connectivity index (χ4v) is 4.20. The van der Waals surface area contributed by atoms with Gasteiger partial charge < -0.3 is 35.0 Å². The maximum Gasteiger partial charge on any atom is 0.409 e. The molecule has 1 fully saturated rings. The molecule has 13 nitrogen and oxygen atoms in total. The van der Waals surface area contributed by atoms with Crippen LogP contribution in [0.2, 0.25) is 0 Å². The van der Waals surface area contributed by atoms with Crippen LogP contribution in [0.3, 0.4) is 0 Å². The van der Waals surface area contributed by atoms with Gasteiger partial charge in [0.1, 0.15) is 17.6 Å². The quantitative estimate of drug-likeness (QED) is 0.352. The lowest BCUT2D eigenvalue weighted by molar-refractivity contribution is -0.138. The van der Waals surface area contributed by atoms with Crippen molar-refractivity contribution in [2.45, 2.75) is 38.8 Å². The maximum atomic E-state index is 13.4. The summed E-state index contributed by atoms with van der Waals surface area (Å²) in [5, 5.41) is 15.1. The van der Waals surface area contributed by atoms with Crippen molar-refractivity contribution < 1.29 is 33.8 Å². The van der Waals surface area contributed by atoms with Gasteiger partial charge in [0.2, 0.25) is 5.91 Å². The highest BCUT2D eigenvalue weighted by molar-refractivity contribution is 5.97. The number of methoxy groups -OCH3 is 1. The number of amides is 3. The van der Waals surface area contributed by atoms with Crippen LogP contribution < -0.4 is 10.6 Å². The first kappa shape index (κ1) is 30.3. The van der Waals surface area contributed by atoms with Crippen molar-refractivity contribution in [3.05, 3.63) is 42.1 Å². The van der Waals surface area contributed by atoms with E-state index in [-0.39, 0.29) is 57.4 Å². The van der Waals surface area contributed by atoms with E-state index < -0.39 is 29.9 Å². The van der Waals surface area contributed by atoms with Crippen LogP contribution >= 0.6 is 0 Å². The molecule has 216 valence electrons. The number of carboxylic acid groups (broad SMARTS) is 1. The number of piperazine rings is 1. The monoisotopic (exact) mass is 556 g/mol. The van der Waals surface area contributed by atoms with Gasteiger partial charge in [-0.2, -0.15) is 0 Å². The minimum Gasteiger partial charge on any atom is -0.481 e. The molecule has 0 spiro atoms. The van der Waals surface area contributed by atoms with E-state index in [0.29, 0.717) is 23.8 Å². The predicted octanol–water partition coefficient (Wildman–Crippen LogP) is 1.85. The fourth-order valence-electron chi connectivity index (χ4n) is 4.20. The minimum atomic E-state index is -1.10. The number of carbonyl (C=O) groups excluding carboxylic acids is 3. The molecule has 1 aliphatic heterocycles. The lowest BCUT2D eigenvalue weighted by Gasteiger charge is -2.35. The number of carbonyl (C=O) groups is 4. The Morgan fingerprint density at radius 1 is 1.05 bits per heavy atom. The Hall–Kier alpha value is -4.26. The minimum absolute atomic E-state index is 0.0150. The molecular formula is C27H36N6O7. The van der Waals surface area contributed by atoms with Gasteiger partial charge in [-0.15, -0.1) is 0 Å². The number of anilines is 1. The summed E-state index contributed by atoms with van der Waals surface area (Å²) in [4.78, 5) is 62.1. The summed E-state index contributed by atoms with van der Waals surface area (Å²) in [6, 6.07) is 9.40. The van der Waals surface area contributed by atoms with Crippen LogP contribution in [0.4, 0.5) is 10.6 Å². The molecular weight excluding hydrogens is 520 g/mol. The number of aromatic nitrogens is 2. The number of ether oxygens (including phenoxy) is 2. The highest BCUT2D eigenvalue weighted by Gasteiger charge is 2.31. The van der Waals surface area contributed by atoms with Crippen molar-refractivity contribution in [2.24, 2.45) is 0 Å². The van der Waals surface area contributed by atoms with Gasteiger partial charge >= 0.3 is 12.1 Å². The topological polar surface area (TPSA) is 163 Å². The third-order valence-electron chi connectivity index (χ3n) is 6.17. The number of aliphatic carboxylic acids is 1. The summed E-state index contributed by atoms with van der Waals surface area (Å²) in [5.41, 5.74) is 0.707. The zero-order valence-corrected chi connectivity index (χ0v) is 23.0. The van der Waals surface area contributed by atoms with Crippen molar-refractivity contribution in [1.82, 2.24) is 25.1 Å². The third kappa shape index (κ3) is 8.63. The molecule has 0 radical (unpaired) electrons. The van der Waals surface area contributed by atoms with Crippen LogP contribution in [0.5, 0.6) is 0 Å². The molecule has 1 unspecified atom stereocenters. The van der Waals surface area contributed by atoms with Crippen molar-refractivity contribution in [1.29, 1.82) is 0 Å². The Morgan fingerprint density at radius 3 is 2.35 bits per heavy atom. The van der Waals surface area contributed by atoms with Gasteiger partial charge in [-0.25, -0.2) is 14.8 Å². The predicted molar refractivity (Wildman–Crippen MR) is 146 cm³/mol. The zero-order valence-electron chi connectivity index (χ0n) is 23.0. The van der Waals surface area contributed by atoms with E-state index in [4.69, 9.17) is 9.47 Å². The Morgan fingerprint density at radius 2 is 1.73 bits per heavy atom. The van der Waals surface area contributed by atoms with Crippen molar-refractivity contribution >= 4 is 29.7 Å². The molecule has 0 saturated carbocycles. The molecule has 1 saturated heterocycles. The average Bonchev–Trinajstić information content (AvgIpc) is 2.95. The molecule has 3 N–H and O–H groups in total. The summed E-state index contributed by atoms with van der Waals surface area (Å²) >= 11 is 0. The first-order valence-electron chi connectivity index (χ1n) is 13.1. The average molecular weight is 557 g/mol. The van der Waals surface area contributed by atoms with E-state index in [1.54, 1.807) is 14.0 Å². The second kappa shape index (κ2) is 14.8. The smallest absolute Gasteiger partial charge is 0.409 e. The van der Waals surface area contributed by atoms with Gasteiger partial charge in [0, 0.05) is 57.4 Å². The Kier molecular flexibility index (Phi) is 11.2. The standard InChI is InChI=1S/C27H36N6O7/c1-4-40-27(38)33-14-12-32(13-15-33)26(37)20(10-11-23(34)35)30-25(36)21-16-22(28-18(2)17-39-3)31-24(29-21)19-8-6-5-7-9-19/h5-9,16,18,20H,4,10-15,17H2,1-3H3,(H,30,36)(H,34,35)(H,28,29,31)/t18-,20?/m1/s1. The number of hydrogen-bond acceptors (Lipinski definition) is 9. The van der Waals surface area contributed by atoms with Crippen molar-refractivity contribution in [2.75, 3.05) is 51.8 Å². The van der Waals surface area contributed by atoms with Crippen molar-refractivity contribution in [3.63, 3.8) is 0 Å². The van der Waals surface area contributed by atoms with E-state index in [0.717, 1.165) is 0 Å². The number of hydrogen-bond donors (Lipinski definition) is 3.